The molecule has 0 fully saturated rings. The molecule has 0 aromatic rings. The van der Waals surface area contributed by atoms with Gasteiger partial charge in [0, 0.05) is 0 Å². The van der Waals surface area contributed by atoms with Gasteiger partial charge in [-0.15, -0.1) is 0 Å². The van der Waals surface area contributed by atoms with E-state index in [2.05, 4.69) is 37.6 Å². The molecule has 0 aliphatic rings. The normalized spacial score (nSPS) is 13.1. The van der Waals surface area contributed by atoms with Gasteiger partial charge in [-0.05, 0) is 42.2 Å². The summed E-state index contributed by atoms with van der Waals surface area (Å²) in [6.07, 6.45) is 21.2. The van der Waals surface area contributed by atoms with Gasteiger partial charge in [-0.2, -0.15) is 0 Å². The van der Waals surface area contributed by atoms with Crippen LogP contribution in [0, 0.1) is 0 Å². The van der Waals surface area contributed by atoms with Gasteiger partial charge in [-0.3, -0.25) is 0 Å². The highest BCUT2D eigenvalue weighted by atomic mass is 32.0. The molecule has 0 N–H and O–H groups in total. The fourth-order valence-corrected chi connectivity index (χ4v) is 3.72. The lowest BCUT2D eigenvalue weighted by atomic mass is 10.1. The summed E-state index contributed by atoms with van der Waals surface area (Å²) >= 11 is 0. The molecule has 0 aliphatic heterocycles. The Hall–Kier alpha value is 0.340. The number of hydrogen-bond acceptors (Lipinski definition) is 0. The van der Waals surface area contributed by atoms with Crippen molar-refractivity contribution < 1.29 is 0 Å². The van der Waals surface area contributed by atoms with Gasteiger partial charge in [-0.1, -0.05) is 89.0 Å². The molecular formula is C18H34P2. The molecule has 0 bridgehead atoms. The van der Waals surface area contributed by atoms with Crippen molar-refractivity contribution in [3.05, 3.63) is 23.8 Å². The van der Waals surface area contributed by atoms with E-state index in [4.69, 9.17) is 0 Å². The van der Waals surface area contributed by atoms with E-state index in [1.54, 1.807) is 0 Å². The first-order valence-corrected chi connectivity index (χ1v) is 11.2. The molecule has 0 saturated heterocycles. The number of rotatable bonds is 15. The van der Waals surface area contributed by atoms with Gasteiger partial charge < -0.3 is 0 Å². The molecule has 0 rings (SSSR count). The van der Waals surface area contributed by atoms with Crippen LogP contribution in [0.2, 0.25) is 0 Å². The molecule has 0 spiro atoms. The Balaban J connectivity index is 3.13. The smallest absolute Gasteiger partial charge is 0.0146 e. The first kappa shape index (κ1) is 20.3. The fourth-order valence-electron chi connectivity index (χ4n) is 2.05. The standard InChI is InChI=1S/C18H34P2/c1-3-5-7-9-11-13-15-17-19-20-18-16-14-12-10-8-6-4-2/h15-18H,3-14H2,1-2H3. The molecule has 20 heavy (non-hydrogen) atoms. The molecule has 0 nitrogen and oxygen atoms in total. The number of hydrogen-bond donors (Lipinski definition) is 0. The highest BCUT2D eigenvalue weighted by Gasteiger charge is 1.87. The molecule has 0 aromatic carbocycles. The zero-order chi connectivity index (χ0) is 14.7. The van der Waals surface area contributed by atoms with Gasteiger partial charge in [0.25, 0.3) is 0 Å². The van der Waals surface area contributed by atoms with E-state index < -0.39 is 0 Å². The third-order valence-electron chi connectivity index (χ3n) is 3.36. The Kier molecular flexibility index (Phi) is 19.7. The van der Waals surface area contributed by atoms with Crippen LogP contribution in [0.4, 0.5) is 0 Å². The summed E-state index contributed by atoms with van der Waals surface area (Å²) < 4.78 is 0. The Morgan fingerprint density at radius 1 is 0.550 bits per heavy atom. The summed E-state index contributed by atoms with van der Waals surface area (Å²) in [4.78, 5) is 0. The van der Waals surface area contributed by atoms with Gasteiger partial charge in [-0.25, -0.2) is 0 Å². The van der Waals surface area contributed by atoms with Crippen LogP contribution in [0.1, 0.15) is 90.9 Å². The second-order valence-electron chi connectivity index (χ2n) is 5.41. The first-order valence-electron chi connectivity index (χ1n) is 8.61. The van der Waals surface area contributed by atoms with Gasteiger partial charge in [0.15, 0.2) is 0 Å². The van der Waals surface area contributed by atoms with Crippen LogP contribution >= 0.6 is 16.5 Å². The van der Waals surface area contributed by atoms with E-state index in [9.17, 15) is 0 Å². The van der Waals surface area contributed by atoms with Gasteiger partial charge in [0.1, 0.15) is 0 Å². The zero-order valence-electron chi connectivity index (χ0n) is 13.7. The van der Waals surface area contributed by atoms with Crippen molar-refractivity contribution in [1.29, 1.82) is 0 Å². The summed E-state index contributed by atoms with van der Waals surface area (Å²) in [5, 5.41) is 0. The maximum Gasteiger partial charge on any atom is -0.0146 e. The lowest BCUT2D eigenvalue weighted by Crippen LogP contribution is -1.75. The third-order valence-corrected chi connectivity index (χ3v) is 5.38. The van der Waals surface area contributed by atoms with Crippen LogP contribution in [0.3, 0.4) is 0 Å². The molecule has 116 valence electrons. The van der Waals surface area contributed by atoms with Crippen molar-refractivity contribution >= 4 is 16.5 Å². The maximum atomic E-state index is 2.36. The Labute approximate surface area is 131 Å². The molecule has 2 radical (unpaired) electrons. The lowest BCUT2D eigenvalue weighted by molar-refractivity contribution is 0.637. The minimum atomic E-state index is 1.27. The van der Waals surface area contributed by atoms with Crippen molar-refractivity contribution in [2.45, 2.75) is 90.9 Å². The van der Waals surface area contributed by atoms with Crippen molar-refractivity contribution in [2.75, 3.05) is 0 Å². The lowest BCUT2D eigenvalue weighted by Gasteiger charge is -1.96. The van der Waals surface area contributed by atoms with Crippen molar-refractivity contribution in [3.8, 4) is 0 Å². The van der Waals surface area contributed by atoms with E-state index in [1.807, 2.05) is 0 Å². The summed E-state index contributed by atoms with van der Waals surface area (Å²) in [5.74, 6) is 4.65. The summed E-state index contributed by atoms with van der Waals surface area (Å²) in [5.41, 5.74) is 0. The largest absolute Gasteiger partial charge is 0.0834 e. The van der Waals surface area contributed by atoms with Crippen molar-refractivity contribution in [1.82, 2.24) is 0 Å². The third kappa shape index (κ3) is 18.3. The molecule has 0 atom stereocenters. The average molecular weight is 312 g/mol. The van der Waals surface area contributed by atoms with Crippen molar-refractivity contribution in [2.24, 2.45) is 0 Å². The van der Waals surface area contributed by atoms with Crippen LogP contribution in [0.15, 0.2) is 23.8 Å². The quantitative estimate of drug-likeness (QED) is 0.210. The van der Waals surface area contributed by atoms with Crippen LogP contribution in [0.5, 0.6) is 0 Å². The van der Waals surface area contributed by atoms with Gasteiger partial charge >= 0.3 is 0 Å². The van der Waals surface area contributed by atoms with Crippen molar-refractivity contribution in [3.63, 3.8) is 0 Å². The summed E-state index contributed by atoms with van der Waals surface area (Å²) in [6, 6.07) is 0. The predicted molar refractivity (Wildman–Crippen MR) is 98.9 cm³/mol. The summed E-state index contributed by atoms with van der Waals surface area (Å²) in [6.45, 7) is 4.55. The Morgan fingerprint density at radius 3 is 1.35 bits per heavy atom. The van der Waals surface area contributed by atoms with Crippen LogP contribution < -0.4 is 0 Å². The Morgan fingerprint density at radius 2 is 0.950 bits per heavy atom. The minimum absolute atomic E-state index is 1.27. The molecule has 0 heterocycles. The van der Waals surface area contributed by atoms with E-state index in [1.165, 1.54) is 93.6 Å². The molecule has 0 aromatic heterocycles. The molecule has 2 heteroatoms. The second kappa shape index (κ2) is 19.3. The molecule has 0 aliphatic carbocycles. The van der Waals surface area contributed by atoms with Crippen LogP contribution in [0.25, 0.3) is 0 Å². The van der Waals surface area contributed by atoms with E-state index in [0.717, 1.165) is 0 Å². The molecule has 0 saturated carbocycles. The minimum Gasteiger partial charge on any atom is -0.0834 e. The predicted octanol–water partition coefficient (Wildman–Crippen LogP) is 8.54. The van der Waals surface area contributed by atoms with E-state index >= 15 is 0 Å². The van der Waals surface area contributed by atoms with Crippen LogP contribution in [-0.2, 0) is 0 Å². The number of unbranched alkanes of at least 4 members (excludes halogenated alkanes) is 10. The monoisotopic (exact) mass is 312 g/mol. The summed E-state index contributed by atoms with van der Waals surface area (Å²) in [7, 11) is 2.86. The fraction of sp³-hybridized carbons (Fsp3) is 0.778. The average Bonchev–Trinajstić information content (AvgIpc) is 2.47. The van der Waals surface area contributed by atoms with E-state index in [-0.39, 0.29) is 0 Å². The topological polar surface area (TPSA) is 0 Å². The van der Waals surface area contributed by atoms with Gasteiger partial charge in [0.2, 0.25) is 0 Å². The zero-order valence-corrected chi connectivity index (χ0v) is 15.5. The maximum absolute atomic E-state index is 2.36. The molecule has 0 unspecified atom stereocenters. The molecule has 0 amide bonds. The Bertz CT molecular complexity index is 197. The SMILES string of the molecule is CCCCCCCC=C[P][P]C=CCCCCCCC. The first-order chi connectivity index (χ1) is 9.91. The van der Waals surface area contributed by atoms with Crippen LogP contribution in [-0.4, -0.2) is 0 Å². The second-order valence-corrected chi connectivity index (χ2v) is 7.85. The highest BCUT2D eigenvalue weighted by molar-refractivity contribution is 8.14. The van der Waals surface area contributed by atoms with Gasteiger partial charge in [0.05, 0.1) is 0 Å². The van der Waals surface area contributed by atoms with E-state index in [0.29, 0.717) is 0 Å². The number of allylic oxidation sites excluding steroid dienone is 2. The molecular weight excluding hydrogens is 278 g/mol. The highest BCUT2D eigenvalue weighted by Crippen LogP contribution is 2.39.